The lowest BCUT2D eigenvalue weighted by Gasteiger charge is -2.48. The minimum absolute atomic E-state index is 0.0644. The number of aliphatic hydroxyl groups is 1. The Labute approximate surface area is 179 Å². The summed E-state index contributed by atoms with van der Waals surface area (Å²) in [5.74, 6) is 2.90. The van der Waals surface area contributed by atoms with Crippen molar-refractivity contribution in [1.82, 2.24) is 0 Å². The summed E-state index contributed by atoms with van der Waals surface area (Å²) in [6.07, 6.45) is 6.50. The average molecular weight is 407 g/mol. The van der Waals surface area contributed by atoms with Gasteiger partial charge in [0, 0.05) is 0 Å². The lowest BCUT2D eigenvalue weighted by atomic mass is 9.57. The van der Waals surface area contributed by atoms with Gasteiger partial charge in [0.05, 0.1) is 12.0 Å². The van der Waals surface area contributed by atoms with Gasteiger partial charge in [0.2, 0.25) is 0 Å². The Kier molecular flexibility index (Phi) is 6.25. The molecule has 29 heavy (non-hydrogen) atoms. The lowest BCUT2D eigenvalue weighted by molar-refractivity contribution is -0.176. The maximum Gasteiger partial charge on any atom is 0.309 e. The summed E-state index contributed by atoms with van der Waals surface area (Å²) in [5, 5.41) is 9.88. The first-order valence-electron chi connectivity index (χ1n) is 12.2. The van der Waals surface area contributed by atoms with Gasteiger partial charge in [0.15, 0.2) is 0 Å². The third-order valence-electron chi connectivity index (χ3n) is 8.90. The molecule has 0 radical (unpaired) electrons. The summed E-state index contributed by atoms with van der Waals surface area (Å²) in [6.45, 7) is 18.5. The van der Waals surface area contributed by atoms with Crippen LogP contribution in [0.3, 0.4) is 0 Å². The van der Waals surface area contributed by atoms with E-state index in [1.807, 2.05) is 0 Å². The molecule has 3 aliphatic rings. The molecule has 0 aromatic rings. The molecule has 0 heterocycles. The Morgan fingerprint density at radius 1 is 0.897 bits per heavy atom. The van der Waals surface area contributed by atoms with Crippen molar-refractivity contribution in [2.45, 2.75) is 112 Å². The molecule has 3 aliphatic carbocycles. The SMILES string of the molecule is CCC(C)(OC(=O)C1CC2CC1C(C(C)(C)C)C2C(C)(C)C)C1CCC(O)CC1. The average Bonchev–Trinajstić information content (AvgIpc) is 3.20. The first-order valence-corrected chi connectivity index (χ1v) is 12.2. The Balaban J connectivity index is 1.75. The molecule has 0 spiro atoms. The summed E-state index contributed by atoms with van der Waals surface area (Å²) in [4.78, 5) is 13.5. The summed E-state index contributed by atoms with van der Waals surface area (Å²) in [6, 6.07) is 0. The van der Waals surface area contributed by atoms with E-state index in [0.29, 0.717) is 29.6 Å². The zero-order valence-electron chi connectivity index (χ0n) is 20.3. The number of carbonyl (C=O) groups is 1. The van der Waals surface area contributed by atoms with Crippen LogP contribution in [0.5, 0.6) is 0 Å². The molecule has 1 N–H and O–H groups in total. The lowest BCUT2D eigenvalue weighted by Crippen LogP contribution is -2.47. The van der Waals surface area contributed by atoms with Gasteiger partial charge in [0.1, 0.15) is 5.60 Å². The van der Waals surface area contributed by atoms with E-state index in [4.69, 9.17) is 4.74 Å². The summed E-state index contributed by atoms with van der Waals surface area (Å²) in [7, 11) is 0. The summed E-state index contributed by atoms with van der Waals surface area (Å²) >= 11 is 0. The summed E-state index contributed by atoms with van der Waals surface area (Å²) < 4.78 is 6.36. The number of ether oxygens (including phenoxy) is 1. The Morgan fingerprint density at radius 3 is 1.93 bits per heavy atom. The Bertz CT molecular complexity index is 590. The maximum atomic E-state index is 13.5. The minimum Gasteiger partial charge on any atom is -0.459 e. The van der Waals surface area contributed by atoms with Crippen LogP contribution < -0.4 is 0 Å². The third kappa shape index (κ3) is 4.41. The molecule has 0 aromatic carbocycles. The molecule has 2 bridgehead atoms. The van der Waals surface area contributed by atoms with Crippen LogP contribution in [0.25, 0.3) is 0 Å². The van der Waals surface area contributed by atoms with Gasteiger partial charge >= 0.3 is 5.97 Å². The molecule has 6 unspecified atom stereocenters. The van der Waals surface area contributed by atoms with Crippen molar-refractivity contribution < 1.29 is 14.6 Å². The molecular weight excluding hydrogens is 360 g/mol. The fraction of sp³-hybridized carbons (Fsp3) is 0.962. The van der Waals surface area contributed by atoms with Crippen LogP contribution in [0, 0.1) is 46.3 Å². The molecule has 3 fully saturated rings. The third-order valence-corrected chi connectivity index (χ3v) is 8.90. The molecular formula is C26H46O3. The van der Waals surface area contributed by atoms with Gasteiger partial charge in [-0.1, -0.05) is 48.5 Å². The molecule has 3 rings (SSSR count). The zero-order valence-corrected chi connectivity index (χ0v) is 20.3. The number of carbonyl (C=O) groups excluding carboxylic acids is 1. The van der Waals surface area contributed by atoms with Crippen LogP contribution in [0.2, 0.25) is 0 Å². The van der Waals surface area contributed by atoms with E-state index in [2.05, 4.69) is 55.4 Å². The largest absolute Gasteiger partial charge is 0.459 e. The standard InChI is InChI=1S/C26H46O3/c1-9-26(8,17-10-12-18(27)13-11-17)29-23(28)20-15-16-14-19(20)22(25(5,6)7)21(16)24(2,3)4/h16-22,27H,9-15H2,1-8H3. The molecule has 0 saturated heterocycles. The first kappa shape index (κ1) is 23.1. The normalized spacial score (nSPS) is 40.0. The van der Waals surface area contributed by atoms with Crippen molar-refractivity contribution in [2.75, 3.05) is 0 Å². The van der Waals surface area contributed by atoms with E-state index in [1.54, 1.807) is 0 Å². The maximum absolute atomic E-state index is 13.5. The van der Waals surface area contributed by atoms with Gasteiger partial charge in [-0.3, -0.25) is 4.79 Å². The molecule has 3 heteroatoms. The molecule has 168 valence electrons. The van der Waals surface area contributed by atoms with E-state index < -0.39 is 0 Å². The zero-order chi connectivity index (χ0) is 21.8. The number of aliphatic hydroxyl groups excluding tert-OH is 1. The van der Waals surface area contributed by atoms with Crippen LogP contribution >= 0.6 is 0 Å². The number of fused-ring (bicyclic) bond motifs is 2. The first-order chi connectivity index (χ1) is 13.3. The molecule has 0 aromatic heterocycles. The number of hydrogen-bond donors (Lipinski definition) is 1. The minimum atomic E-state index is -0.389. The smallest absolute Gasteiger partial charge is 0.309 e. The van der Waals surface area contributed by atoms with Gasteiger partial charge in [-0.15, -0.1) is 0 Å². The molecule has 3 nitrogen and oxygen atoms in total. The van der Waals surface area contributed by atoms with Crippen molar-refractivity contribution in [3.05, 3.63) is 0 Å². The van der Waals surface area contributed by atoms with E-state index in [-0.39, 0.29) is 34.4 Å². The van der Waals surface area contributed by atoms with Gasteiger partial charge in [0.25, 0.3) is 0 Å². The van der Waals surface area contributed by atoms with Gasteiger partial charge in [-0.05, 0) is 92.3 Å². The van der Waals surface area contributed by atoms with Crippen molar-refractivity contribution in [3.63, 3.8) is 0 Å². The highest BCUT2D eigenvalue weighted by atomic mass is 16.6. The van der Waals surface area contributed by atoms with Crippen LogP contribution in [0.1, 0.15) is 100 Å². The second-order valence-corrected chi connectivity index (χ2v) is 12.9. The van der Waals surface area contributed by atoms with Crippen LogP contribution in [-0.2, 0) is 9.53 Å². The summed E-state index contributed by atoms with van der Waals surface area (Å²) in [5.41, 5.74) is 0.108. The van der Waals surface area contributed by atoms with Crippen LogP contribution in [0.15, 0.2) is 0 Å². The highest BCUT2D eigenvalue weighted by Crippen LogP contribution is 2.64. The van der Waals surface area contributed by atoms with E-state index in [9.17, 15) is 9.90 Å². The fourth-order valence-electron chi connectivity index (χ4n) is 7.49. The Hall–Kier alpha value is -0.570. The molecule has 3 saturated carbocycles. The van der Waals surface area contributed by atoms with Gasteiger partial charge in [-0.25, -0.2) is 0 Å². The second-order valence-electron chi connectivity index (χ2n) is 12.9. The second kappa shape index (κ2) is 7.84. The Morgan fingerprint density at radius 2 is 1.45 bits per heavy atom. The molecule has 0 amide bonds. The van der Waals surface area contributed by atoms with Crippen LogP contribution in [-0.4, -0.2) is 22.8 Å². The number of esters is 1. The van der Waals surface area contributed by atoms with E-state index in [1.165, 1.54) is 6.42 Å². The highest BCUT2D eigenvalue weighted by molar-refractivity contribution is 5.74. The van der Waals surface area contributed by atoms with Crippen molar-refractivity contribution in [3.8, 4) is 0 Å². The quantitative estimate of drug-likeness (QED) is 0.563. The van der Waals surface area contributed by atoms with Crippen molar-refractivity contribution >= 4 is 5.97 Å². The van der Waals surface area contributed by atoms with Crippen molar-refractivity contribution in [1.29, 1.82) is 0 Å². The van der Waals surface area contributed by atoms with Crippen molar-refractivity contribution in [2.24, 2.45) is 46.3 Å². The number of hydrogen-bond acceptors (Lipinski definition) is 3. The molecule has 6 atom stereocenters. The number of rotatable bonds is 4. The fourth-order valence-corrected chi connectivity index (χ4v) is 7.49. The predicted octanol–water partition coefficient (Wildman–Crippen LogP) is 6.23. The predicted molar refractivity (Wildman–Crippen MR) is 118 cm³/mol. The highest BCUT2D eigenvalue weighted by Gasteiger charge is 2.61. The van der Waals surface area contributed by atoms with Gasteiger partial charge < -0.3 is 9.84 Å². The topological polar surface area (TPSA) is 46.5 Å². The van der Waals surface area contributed by atoms with E-state index >= 15 is 0 Å². The van der Waals surface area contributed by atoms with E-state index in [0.717, 1.165) is 38.5 Å². The molecule has 0 aliphatic heterocycles. The monoisotopic (exact) mass is 406 g/mol. The van der Waals surface area contributed by atoms with Crippen LogP contribution in [0.4, 0.5) is 0 Å². The van der Waals surface area contributed by atoms with Gasteiger partial charge in [-0.2, -0.15) is 0 Å².